The van der Waals surface area contributed by atoms with Crippen molar-refractivity contribution in [1.82, 2.24) is 0 Å². The summed E-state index contributed by atoms with van der Waals surface area (Å²) in [6.45, 7) is 2.63. The quantitative estimate of drug-likeness (QED) is 0.667. The van der Waals surface area contributed by atoms with Gasteiger partial charge in [0.25, 0.3) is 0 Å². The highest BCUT2D eigenvalue weighted by molar-refractivity contribution is 6.25. The predicted octanol–water partition coefficient (Wildman–Crippen LogP) is 5.51. The van der Waals surface area contributed by atoms with Crippen molar-refractivity contribution in [3.8, 4) is 17.6 Å². The standard InChI is InChI=1S/C19H23ClO/c1-2-3-5-16-6-8-17(9-7-16)18-10-12-19(13-11-18)21-15-4-14-20/h4,10-14,16-17H,2,6-9,15H2,1H3/b14-4+. The highest BCUT2D eigenvalue weighted by Gasteiger charge is 2.21. The molecule has 112 valence electrons. The third-order valence-corrected chi connectivity index (χ3v) is 4.18. The van der Waals surface area contributed by atoms with Gasteiger partial charge in [0.05, 0.1) is 0 Å². The summed E-state index contributed by atoms with van der Waals surface area (Å²) >= 11 is 5.47. The van der Waals surface area contributed by atoms with Crippen LogP contribution in [0.2, 0.25) is 0 Å². The van der Waals surface area contributed by atoms with Crippen molar-refractivity contribution < 1.29 is 4.74 Å². The molecule has 21 heavy (non-hydrogen) atoms. The number of rotatable bonds is 4. The van der Waals surface area contributed by atoms with Gasteiger partial charge in [-0.1, -0.05) is 36.6 Å². The van der Waals surface area contributed by atoms with Crippen molar-refractivity contribution in [2.24, 2.45) is 5.92 Å². The minimum atomic E-state index is 0.518. The molecule has 2 rings (SSSR count). The van der Waals surface area contributed by atoms with E-state index in [1.165, 1.54) is 36.8 Å². The minimum absolute atomic E-state index is 0.518. The molecule has 0 spiro atoms. The molecule has 1 aliphatic rings. The van der Waals surface area contributed by atoms with E-state index in [0.717, 1.165) is 12.2 Å². The highest BCUT2D eigenvalue weighted by Crippen LogP contribution is 2.36. The molecule has 0 amide bonds. The lowest BCUT2D eigenvalue weighted by atomic mass is 9.79. The molecule has 1 nitrogen and oxygen atoms in total. The molecule has 0 unspecified atom stereocenters. The van der Waals surface area contributed by atoms with Gasteiger partial charge in [-0.25, -0.2) is 0 Å². The second kappa shape index (κ2) is 8.80. The molecular formula is C19H23ClO. The summed E-state index contributed by atoms with van der Waals surface area (Å²) < 4.78 is 5.56. The fourth-order valence-corrected chi connectivity index (χ4v) is 2.91. The van der Waals surface area contributed by atoms with Crippen LogP contribution in [0.5, 0.6) is 5.75 Å². The molecule has 1 aromatic carbocycles. The van der Waals surface area contributed by atoms with Gasteiger partial charge in [0.15, 0.2) is 0 Å². The second-order valence-electron chi connectivity index (χ2n) is 5.46. The van der Waals surface area contributed by atoms with Crippen LogP contribution < -0.4 is 4.74 Å². The average Bonchev–Trinajstić information content (AvgIpc) is 2.54. The Hall–Kier alpha value is -1.39. The predicted molar refractivity (Wildman–Crippen MR) is 89.7 cm³/mol. The summed E-state index contributed by atoms with van der Waals surface area (Å²) in [7, 11) is 0. The van der Waals surface area contributed by atoms with Crippen LogP contribution in [0.15, 0.2) is 35.9 Å². The maximum absolute atomic E-state index is 5.56. The van der Waals surface area contributed by atoms with E-state index in [1.807, 2.05) is 0 Å². The van der Waals surface area contributed by atoms with E-state index >= 15 is 0 Å². The van der Waals surface area contributed by atoms with E-state index in [1.54, 1.807) is 6.08 Å². The third-order valence-electron chi connectivity index (χ3n) is 4.00. The Labute approximate surface area is 133 Å². The highest BCUT2D eigenvalue weighted by atomic mass is 35.5. The van der Waals surface area contributed by atoms with Crippen molar-refractivity contribution in [1.29, 1.82) is 0 Å². The van der Waals surface area contributed by atoms with Gasteiger partial charge in [0.2, 0.25) is 0 Å². The first-order valence-electron chi connectivity index (χ1n) is 7.79. The van der Waals surface area contributed by atoms with Crippen LogP contribution >= 0.6 is 11.6 Å². The smallest absolute Gasteiger partial charge is 0.119 e. The zero-order chi connectivity index (χ0) is 14.9. The molecular weight excluding hydrogens is 280 g/mol. The molecule has 0 radical (unpaired) electrons. The molecule has 1 aliphatic carbocycles. The van der Waals surface area contributed by atoms with Crippen molar-refractivity contribution in [2.75, 3.05) is 6.61 Å². The third kappa shape index (κ3) is 5.14. The molecule has 0 aromatic heterocycles. The van der Waals surface area contributed by atoms with Gasteiger partial charge in [-0.3, -0.25) is 0 Å². The van der Waals surface area contributed by atoms with Crippen LogP contribution in [0.3, 0.4) is 0 Å². The van der Waals surface area contributed by atoms with Gasteiger partial charge in [0.1, 0.15) is 12.4 Å². The summed E-state index contributed by atoms with van der Waals surface area (Å²) in [6.07, 6.45) is 7.72. The maximum Gasteiger partial charge on any atom is 0.119 e. The maximum atomic E-state index is 5.56. The monoisotopic (exact) mass is 302 g/mol. The van der Waals surface area contributed by atoms with Crippen LogP contribution in [-0.4, -0.2) is 6.61 Å². The Morgan fingerprint density at radius 2 is 1.90 bits per heavy atom. The summed E-state index contributed by atoms with van der Waals surface area (Å²) in [5, 5.41) is 0. The average molecular weight is 303 g/mol. The molecule has 1 saturated carbocycles. The van der Waals surface area contributed by atoms with Gasteiger partial charge in [-0.15, -0.1) is 5.92 Å². The van der Waals surface area contributed by atoms with Gasteiger partial charge < -0.3 is 4.74 Å². The normalized spacial score (nSPS) is 21.8. The van der Waals surface area contributed by atoms with Crippen molar-refractivity contribution in [3.63, 3.8) is 0 Å². The lowest BCUT2D eigenvalue weighted by Gasteiger charge is -2.26. The molecule has 0 saturated heterocycles. The topological polar surface area (TPSA) is 9.23 Å². The number of ether oxygens (including phenoxy) is 1. The van der Waals surface area contributed by atoms with Gasteiger partial charge in [-0.05, 0) is 55.4 Å². The summed E-state index contributed by atoms with van der Waals surface area (Å²) in [4.78, 5) is 0. The van der Waals surface area contributed by atoms with Crippen LogP contribution in [0.25, 0.3) is 0 Å². The molecule has 0 atom stereocenters. The van der Waals surface area contributed by atoms with E-state index in [9.17, 15) is 0 Å². The lowest BCUT2D eigenvalue weighted by molar-refractivity contribution is 0.361. The van der Waals surface area contributed by atoms with Crippen molar-refractivity contribution in [2.45, 2.75) is 44.9 Å². The Morgan fingerprint density at radius 3 is 2.52 bits per heavy atom. The van der Waals surface area contributed by atoms with E-state index in [-0.39, 0.29) is 0 Å². The van der Waals surface area contributed by atoms with Gasteiger partial charge in [-0.2, -0.15) is 0 Å². The summed E-state index contributed by atoms with van der Waals surface area (Å²) in [5.74, 6) is 8.81. The zero-order valence-electron chi connectivity index (χ0n) is 12.6. The van der Waals surface area contributed by atoms with Crippen LogP contribution in [-0.2, 0) is 0 Å². The molecule has 2 heteroatoms. The fraction of sp³-hybridized carbons (Fsp3) is 0.474. The van der Waals surface area contributed by atoms with E-state index in [0.29, 0.717) is 18.4 Å². The number of halogens is 1. The summed E-state index contributed by atoms with van der Waals surface area (Å²) in [6, 6.07) is 8.51. The van der Waals surface area contributed by atoms with Crippen molar-refractivity contribution in [3.05, 3.63) is 41.4 Å². The molecule has 1 aromatic rings. The molecule has 1 fully saturated rings. The van der Waals surface area contributed by atoms with Crippen LogP contribution in [0.1, 0.15) is 50.5 Å². The molecule has 0 heterocycles. The molecule has 0 N–H and O–H groups in total. The fourth-order valence-electron chi connectivity index (χ4n) is 2.83. The Bertz CT molecular complexity index is 499. The molecule has 0 bridgehead atoms. The SMILES string of the molecule is CCC#CC1CCC(c2ccc(OC/C=C/Cl)cc2)CC1. The van der Waals surface area contributed by atoms with E-state index in [4.69, 9.17) is 16.3 Å². The summed E-state index contributed by atoms with van der Waals surface area (Å²) in [5.41, 5.74) is 2.91. The lowest BCUT2D eigenvalue weighted by Crippen LogP contribution is -2.12. The van der Waals surface area contributed by atoms with Crippen LogP contribution in [0, 0.1) is 17.8 Å². The Morgan fingerprint density at radius 1 is 1.19 bits per heavy atom. The minimum Gasteiger partial charge on any atom is -0.490 e. The number of hydrogen-bond acceptors (Lipinski definition) is 1. The number of benzene rings is 1. The van der Waals surface area contributed by atoms with E-state index in [2.05, 4.69) is 43.0 Å². The van der Waals surface area contributed by atoms with E-state index < -0.39 is 0 Å². The van der Waals surface area contributed by atoms with Crippen molar-refractivity contribution >= 4 is 11.6 Å². The zero-order valence-corrected chi connectivity index (χ0v) is 13.4. The Kier molecular flexibility index (Phi) is 6.70. The van der Waals surface area contributed by atoms with Gasteiger partial charge >= 0.3 is 0 Å². The van der Waals surface area contributed by atoms with Gasteiger partial charge in [0, 0.05) is 17.9 Å². The first-order valence-corrected chi connectivity index (χ1v) is 8.23. The van der Waals surface area contributed by atoms with Crippen LogP contribution in [0.4, 0.5) is 0 Å². The molecule has 0 aliphatic heterocycles. The number of hydrogen-bond donors (Lipinski definition) is 0. The Balaban J connectivity index is 1.86. The first kappa shape index (κ1) is 16.0. The second-order valence-corrected chi connectivity index (χ2v) is 5.72. The first-order chi connectivity index (χ1) is 10.3. The largest absolute Gasteiger partial charge is 0.490 e.